The minimum Gasteiger partial charge on any atom is -0.481 e. The van der Waals surface area contributed by atoms with E-state index in [-0.39, 0.29) is 30.2 Å². The van der Waals surface area contributed by atoms with Crippen LogP contribution in [0.1, 0.15) is 28.8 Å². The molecule has 4 rings (SSSR count). The summed E-state index contributed by atoms with van der Waals surface area (Å²) in [6.07, 6.45) is 1.04. The maximum atomic E-state index is 12.9. The third kappa shape index (κ3) is 5.22. The number of aromatic nitrogens is 3. The van der Waals surface area contributed by atoms with Crippen LogP contribution in [0.15, 0.2) is 48.7 Å². The Morgan fingerprint density at radius 1 is 0.972 bits per heavy atom. The van der Waals surface area contributed by atoms with Crippen molar-refractivity contribution in [2.75, 3.05) is 16.8 Å². The van der Waals surface area contributed by atoms with Crippen LogP contribution in [0.3, 0.4) is 0 Å². The van der Waals surface area contributed by atoms with Gasteiger partial charge < -0.3 is 32.3 Å². The topological polar surface area (TPSA) is 206 Å². The highest BCUT2D eigenvalue weighted by molar-refractivity contribution is 6.11. The molecule has 0 unspecified atom stereocenters. The molecule has 0 aliphatic carbocycles. The van der Waals surface area contributed by atoms with Gasteiger partial charge >= 0.3 is 11.9 Å². The fraction of sp³-hybridized carbons (Fsp3) is 0.167. The van der Waals surface area contributed by atoms with Gasteiger partial charge in [-0.2, -0.15) is 9.97 Å². The Labute approximate surface area is 204 Å². The van der Waals surface area contributed by atoms with Gasteiger partial charge in [-0.15, -0.1) is 0 Å². The van der Waals surface area contributed by atoms with Gasteiger partial charge in [0.1, 0.15) is 11.9 Å². The van der Waals surface area contributed by atoms with E-state index in [2.05, 4.69) is 25.6 Å². The maximum Gasteiger partial charge on any atom is 0.326 e. The van der Waals surface area contributed by atoms with E-state index in [4.69, 9.17) is 16.6 Å². The molecule has 0 fully saturated rings. The quantitative estimate of drug-likeness (QED) is 0.200. The van der Waals surface area contributed by atoms with Crippen molar-refractivity contribution in [3.05, 3.63) is 59.8 Å². The third-order valence-corrected chi connectivity index (χ3v) is 5.56. The molecule has 0 radical (unpaired) electrons. The molecule has 12 nitrogen and oxygen atoms in total. The average Bonchev–Trinajstić information content (AvgIpc) is 2.84. The second kappa shape index (κ2) is 10.1. The largest absolute Gasteiger partial charge is 0.481 e. The summed E-state index contributed by atoms with van der Waals surface area (Å²) >= 11 is 0. The monoisotopic (exact) mass is 489 g/mol. The van der Waals surface area contributed by atoms with Gasteiger partial charge in [-0.3, -0.25) is 9.59 Å². The lowest BCUT2D eigenvalue weighted by molar-refractivity contribution is -0.140. The van der Waals surface area contributed by atoms with Crippen LogP contribution >= 0.6 is 0 Å². The molecule has 2 aromatic carbocycles. The molecule has 4 aromatic rings. The van der Waals surface area contributed by atoms with Gasteiger partial charge in [0, 0.05) is 35.8 Å². The van der Waals surface area contributed by atoms with Crippen LogP contribution in [0.5, 0.6) is 0 Å². The molecule has 1 atom stereocenters. The number of aliphatic carboxylic acids is 2. The van der Waals surface area contributed by atoms with E-state index in [1.165, 1.54) is 0 Å². The van der Waals surface area contributed by atoms with E-state index >= 15 is 0 Å². The van der Waals surface area contributed by atoms with E-state index in [0.29, 0.717) is 23.0 Å². The van der Waals surface area contributed by atoms with Gasteiger partial charge in [-0.05, 0) is 35.6 Å². The molecule has 1 amide bonds. The average molecular weight is 489 g/mol. The summed E-state index contributed by atoms with van der Waals surface area (Å²) in [6, 6.07) is 11.0. The third-order valence-electron chi connectivity index (χ3n) is 5.56. The number of hydrogen-bond acceptors (Lipinski definition) is 9. The zero-order valence-corrected chi connectivity index (χ0v) is 18.9. The smallest absolute Gasteiger partial charge is 0.326 e. The number of hydrogen-bond donors (Lipinski definition) is 6. The number of pyridine rings is 1. The number of amides is 1. The van der Waals surface area contributed by atoms with E-state index in [0.717, 1.165) is 16.6 Å². The normalized spacial score (nSPS) is 11.8. The zero-order chi connectivity index (χ0) is 25.8. The van der Waals surface area contributed by atoms with Crippen LogP contribution in [0.2, 0.25) is 0 Å². The molecule has 12 heteroatoms. The number of carbonyl (C=O) groups excluding carboxylic acids is 1. The first-order chi connectivity index (χ1) is 17.2. The lowest BCUT2D eigenvalue weighted by atomic mass is 10.0. The summed E-state index contributed by atoms with van der Waals surface area (Å²) in [5.74, 6) is -2.77. The van der Waals surface area contributed by atoms with Crippen molar-refractivity contribution < 1.29 is 24.6 Å². The van der Waals surface area contributed by atoms with E-state index in [1.54, 1.807) is 30.5 Å². The van der Waals surface area contributed by atoms with Gasteiger partial charge in [-0.25, -0.2) is 9.78 Å². The predicted molar refractivity (Wildman–Crippen MR) is 133 cm³/mol. The van der Waals surface area contributed by atoms with Crippen molar-refractivity contribution in [2.45, 2.75) is 25.4 Å². The molecule has 2 heterocycles. The molecule has 8 N–H and O–H groups in total. The highest BCUT2D eigenvalue weighted by atomic mass is 16.4. The summed E-state index contributed by atoms with van der Waals surface area (Å²) in [4.78, 5) is 47.5. The molecule has 0 bridgehead atoms. The number of fused-ring (bicyclic) bond motifs is 2. The van der Waals surface area contributed by atoms with E-state index in [9.17, 15) is 19.5 Å². The van der Waals surface area contributed by atoms with Crippen LogP contribution in [0, 0.1) is 0 Å². The number of benzene rings is 2. The Morgan fingerprint density at radius 3 is 2.44 bits per heavy atom. The van der Waals surface area contributed by atoms with Crippen molar-refractivity contribution >= 4 is 57.1 Å². The van der Waals surface area contributed by atoms with E-state index in [1.807, 2.05) is 18.2 Å². The van der Waals surface area contributed by atoms with Gasteiger partial charge in [0.25, 0.3) is 5.91 Å². The lowest BCUT2D eigenvalue weighted by Crippen LogP contribution is -2.41. The molecule has 2 aromatic heterocycles. The van der Waals surface area contributed by atoms with Crippen LogP contribution in [-0.4, -0.2) is 49.1 Å². The molecule has 0 aliphatic heterocycles. The highest BCUT2D eigenvalue weighted by Crippen LogP contribution is 2.28. The Morgan fingerprint density at radius 2 is 1.72 bits per heavy atom. The van der Waals surface area contributed by atoms with Crippen LogP contribution in [-0.2, 0) is 16.1 Å². The second-order valence-corrected chi connectivity index (χ2v) is 8.04. The minimum absolute atomic E-state index is 0.0468. The summed E-state index contributed by atoms with van der Waals surface area (Å²) in [6.45, 7) is 0.387. The van der Waals surface area contributed by atoms with Crippen LogP contribution in [0.4, 0.5) is 17.5 Å². The molecule has 184 valence electrons. The number of rotatable bonds is 9. The number of anilines is 3. The van der Waals surface area contributed by atoms with Crippen LogP contribution < -0.4 is 22.1 Å². The number of carbonyl (C=O) groups is 3. The number of nitrogens with zero attached hydrogens (tertiary/aromatic N) is 3. The van der Waals surface area contributed by atoms with Gasteiger partial charge in [-0.1, -0.05) is 24.3 Å². The number of nitrogens with two attached hydrogens (primary N) is 2. The molecule has 0 aliphatic rings. The number of nitrogen functional groups attached to an aromatic ring is 2. The fourth-order valence-corrected chi connectivity index (χ4v) is 3.80. The molecule has 0 spiro atoms. The van der Waals surface area contributed by atoms with Crippen molar-refractivity contribution in [2.24, 2.45) is 0 Å². The Kier molecular flexibility index (Phi) is 6.77. The van der Waals surface area contributed by atoms with Gasteiger partial charge in [0.05, 0.1) is 5.39 Å². The van der Waals surface area contributed by atoms with Crippen LogP contribution in [0.25, 0.3) is 21.8 Å². The number of carboxylic acids is 2. The molecule has 0 saturated heterocycles. The zero-order valence-electron chi connectivity index (χ0n) is 18.9. The van der Waals surface area contributed by atoms with Crippen molar-refractivity contribution in [3.8, 4) is 0 Å². The fourth-order valence-electron chi connectivity index (χ4n) is 3.80. The number of carboxylic acid groups (broad SMARTS) is 2. The summed E-state index contributed by atoms with van der Waals surface area (Å²) in [5, 5.41) is 25.9. The predicted octanol–water partition coefficient (Wildman–Crippen LogP) is 2.00. The standard InChI is InChI=1S/C24H23N7O5/c25-20-16-9-12(11-28-21(16)31-24(26)30-20)10-27-17-6-5-15(13-3-1-2-4-14(13)17)22(34)29-18(23(35)36)7-8-19(32)33/h1-6,9,11,18,27H,7-8,10H2,(H,29,34)(H,32,33)(H,35,36)(H4,25,26,28,30,31)/t18-/m0/s1. The Hall–Kier alpha value is -5.00. The lowest BCUT2D eigenvalue weighted by Gasteiger charge is -2.16. The Balaban J connectivity index is 1.57. The van der Waals surface area contributed by atoms with Crippen molar-refractivity contribution in [1.29, 1.82) is 0 Å². The molecular formula is C24H23N7O5. The SMILES string of the molecule is Nc1nc(N)c2cc(CNc3ccc(C(=O)N[C@@H](CCC(=O)O)C(=O)O)c4ccccc34)cnc2n1. The minimum atomic E-state index is -1.32. The first-order valence-corrected chi connectivity index (χ1v) is 10.9. The molecular weight excluding hydrogens is 466 g/mol. The van der Waals surface area contributed by atoms with Crippen molar-refractivity contribution in [1.82, 2.24) is 20.3 Å². The Bertz CT molecular complexity index is 1490. The van der Waals surface area contributed by atoms with Crippen molar-refractivity contribution in [3.63, 3.8) is 0 Å². The summed E-state index contributed by atoms with van der Waals surface area (Å²) in [5.41, 5.74) is 13.8. The van der Waals surface area contributed by atoms with Gasteiger partial charge in [0.15, 0.2) is 5.65 Å². The highest BCUT2D eigenvalue weighted by Gasteiger charge is 2.23. The first-order valence-electron chi connectivity index (χ1n) is 10.9. The van der Waals surface area contributed by atoms with E-state index < -0.39 is 23.9 Å². The number of nitrogens with one attached hydrogen (secondary N) is 2. The molecule has 0 saturated carbocycles. The summed E-state index contributed by atoms with van der Waals surface area (Å²) in [7, 11) is 0. The summed E-state index contributed by atoms with van der Waals surface area (Å²) < 4.78 is 0. The second-order valence-electron chi connectivity index (χ2n) is 8.04. The maximum absolute atomic E-state index is 12.9. The van der Waals surface area contributed by atoms with Gasteiger partial charge in [0.2, 0.25) is 5.95 Å². The first kappa shape index (κ1) is 24.1. The molecule has 36 heavy (non-hydrogen) atoms.